The van der Waals surface area contributed by atoms with Gasteiger partial charge in [-0.1, -0.05) is 29.3 Å². The van der Waals surface area contributed by atoms with Gasteiger partial charge < -0.3 is 26.4 Å². The van der Waals surface area contributed by atoms with Crippen LogP contribution in [-0.4, -0.2) is 46.1 Å². The van der Waals surface area contributed by atoms with Gasteiger partial charge in [-0.2, -0.15) is 0 Å². The zero-order valence-corrected chi connectivity index (χ0v) is 21.8. The molecule has 1 aromatic carbocycles. The number of anilines is 2. The van der Waals surface area contributed by atoms with Crippen LogP contribution < -0.4 is 26.4 Å². The summed E-state index contributed by atoms with van der Waals surface area (Å²) in [7, 11) is 0. The van der Waals surface area contributed by atoms with E-state index in [2.05, 4.69) is 37.0 Å². The molecule has 3 aromatic rings. The second kappa shape index (κ2) is 10.5. The summed E-state index contributed by atoms with van der Waals surface area (Å²) in [6.45, 7) is 3.87. The number of amides is 1. The highest BCUT2D eigenvalue weighted by atomic mass is 35.5. The van der Waals surface area contributed by atoms with E-state index in [1.54, 1.807) is 24.7 Å². The predicted octanol–water partition coefficient (Wildman–Crippen LogP) is 3.18. The fraction of sp³-hybridized carbons (Fsp3) is 0.308. The average molecular weight is 536 g/mol. The van der Waals surface area contributed by atoms with Crippen LogP contribution >= 0.6 is 23.4 Å². The van der Waals surface area contributed by atoms with Crippen molar-refractivity contribution in [1.29, 1.82) is 0 Å². The molecule has 5 rings (SSSR count). The molecule has 1 spiro atoms. The Labute approximate surface area is 224 Å². The number of benzene rings is 1. The number of nitrogens with zero attached hydrogens (tertiary/aromatic N) is 4. The molecule has 0 saturated carbocycles. The Balaban J connectivity index is 1.23. The molecule has 2 aliphatic heterocycles. The molecule has 1 fully saturated rings. The number of piperidine rings is 1. The smallest absolute Gasteiger partial charge is 0.296 e. The van der Waals surface area contributed by atoms with E-state index < -0.39 is 5.60 Å². The Bertz CT molecular complexity index is 1380. The number of ether oxygens (including phenoxy) is 1. The zero-order chi connectivity index (χ0) is 26.0. The monoisotopic (exact) mass is 535 g/mol. The Hall–Kier alpha value is -3.52. The van der Waals surface area contributed by atoms with Gasteiger partial charge in [-0.25, -0.2) is 15.0 Å². The van der Waals surface area contributed by atoms with Gasteiger partial charge >= 0.3 is 0 Å². The molecular weight excluding hydrogens is 510 g/mol. The van der Waals surface area contributed by atoms with E-state index in [-0.39, 0.29) is 17.8 Å². The van der Waals surface area contributed by atoms with Crippen LogP contribution in [0.5, 0.6) is 5.75 Å². The zero-order valence-electron chi connectivity index (χ0n) is 20.2. The molecule has 1 saturated heterocycles. The molecule has 0 unspecified atom stereocenters. The molecule has 5 N–H and O–H groups in total. The second-order valence-corrected chi connectivity index (χ2v) is 10.3. The molecule has 0 bridgehead atoms. The highest BCUT2D eigenvalue weighted by Crippen LogP contribution is 2.47. The minimum Gasteiger partial charge on any atom is -0.485 e. The van der Waals surface area contributed by atoms with Crippen molar-refractivity contribution < 1.29 is 9.53 Å². The first-order valence-corrected chi connectivity index (χ1v) is 13.1. The molecule has 190 valence electrons. The van der Waals surface area contributed by atoms with Crippen molar-refractivity contribution in [3.05, 3.63) is 59.0 Å². The number of nitrogens with one attached hydrogen (secondary N) is 1. The van der Waals surface area contributed by atoms with E-state index >= 15 is 0 Å². The summed E-state index contributed by atoms with van der Waals surface area (Å²) >= 11 is 7.63. The van der Waals surface area contributed by atoms with Gasteiger partial charge in [0, 0.05) is 60.6 Å². The molecule has 2 aromatic heterocycles. The molecule has 0 aliphatic carbocycles. The summed E-state index contributed by atoms with van der Waals surface area (Å²) < 4.78 is 6.41. The third-order valence-corrected chi connectivity index (χ3v) is 8.02. The van der Waals surface area contributed by atoms with E-state index in [9.17, 15) is 4.79 Å². The van der Waals surface area contributed by atoms with Crippen LogP contribution in [0, 0.1) is 11.8 Å². The largest absolute Gasteiger partial charge is 0.485 e. The van der Waals surface area contributed by atoms with Crippen molar-refractivity contribution in [2.45, 2.75) is 41.3 Å². The molecule has 1 amide bonds. The normalized spacial score (nSPS) is 17.5. The fourth-order valence-electron chi connectivity index (χ4n) is 4.55. The first-order valence-electron chi connectivity index (χ1n) is 11.9. The number of fused-ring (bicyclic) bond motifs is 1. The Morgan fingerprint density at radius 2 is 2.08 bits per heavy atom. The lowest BCUT2D eigenvalue weighted by molar-refractivity contribution is -0.115. The topological polar surface area (TPSA) is 132 Å². The summed E-state index contributed by atoms with van der Waals surface area (Å²) in [6, 6.07) is 7.19. The summed E-state index contributed by atoms with van der Waals surface area (Å²) in [5, 5.41) is 3.80. The van der Waals surface area contributed by atoms with Crippen LogP contribution in [0.2, 0.25) is 5.02 Å². The first kappa shape index (κ1) is 25.1. The van der Waals surface area contributed by atoms with Gasteiger partial charge in [-0.3, -0.25) is 4.79 Å². The second-order valence-electron chi connectivity index (χ2n) is 8.82. The lowest BCUT2D eigenvalue weighted by Crippen LogP contribution is -2.51. The van der Waals surface area contributed by atoms with Crippen molar-refractivity contribution in [2.24, 2.45) is 5.73 Å². The average Bonchev–Trinajstić information content (AvgIpc) is 3.17. The van der Waals surface area contributed by atoms with E-state index in [0.717, 1.165) is 53.5 Å². The number of rotatable bonds is 4. The SMILES string of the molecule is CCNC(=O)C#Cc1ccc2c(c1)[C@@H](N)C1(CCN(c3cnc(Sc4ccnc(N)c4Cl)cn3)CC1)O2. The number of hydrogen-bond acceptors (Lipinski definition) is 9. The Kier molecular flexibility index (Phi) is 7.11. The van der Waals surface area contributed by atoms with Gasteiger partial charge in [0.25, 0.3) is 5.91 Å². The predicted molar refractivity (Wildman–Crippen MR) is 144 cm³/mol. The molecule has 1 atom stereocenters. The minimum atomic E-state index is -0.480. The molecule has 2 aliphatic rings. The lowest BCUT2D eigenvalue weighted by atomic mass is 9.83. The number of aromatic nitrogens is 3. The van der Waals surface area contributed by atoms with Crippen molar-refractivity contribution in [3.8, 4) is 17.6 Å². The summed E-state index contributed by atoms with van der Waals surface area (Å²) in [6.07, 6.45) is 6.60. The van der Waals surface area contributed by atoms with E-state index in [1.165, 1.54) is 11.8 Å². The third-order valence-electron chi connectivity index (χ3n) is 6.53. The van der Waals surface area contributed by atoms with Crippen LogP contribution in [0.15, 0.2) is 52.8 Å². The number of nitrogen functional groups attached to an aromatic ring is 1. The van der Waals surface area contributed by atoms with Gasteiger partial charge in [0.15, 0.2) is 0 Å². The van der Waals surface area contributed by atoms with Crippen LogP contribution in [0.3, 0.4) is 0 Å². The van der Waals surface area contributed by atoms with Crippen LogP contribution in [-0.2, 0) is 4.79 Å². The highest BCUT2D eigenvalue weighted by Gasteiger charge is 2.48. The van der Waals surface area contributed by atoms with E-state index in [4.69, 9.17) is 27.8 Å². The van der Waals surface area contributed by atoms with Crippen LogP contribution in [0.25, 0.3) is 0 Å². The van der Waals surface area contributed by atoms with Crippen LogP contribution in [0.4, 0.5) is 11.6 Å². The van der Waals surface area contributed by atoms with Crippen molar-refractivity contribution in [1.82, 2.24) is 20.3 Å². The van der Waals surface area contributed by atoms with Gasteiger partial charge in [-0.05, 0) is 31.2 Å². The number of halogens is 1. The number of nitrogens with two attached hydrogens (primary N) is 2. The van der Waals surface area contributed by atoms with E-state index in [0.29, 0.717) is 16.6 Å². The lowest BCUT2D eigenvalue weighted by Gasteiger charge is -2.41. The summed E-state index contributed by atoms with van der Waals surface area (Å²) in [4.78, 5) is 27.8. The van der Waals surface area contributed by atoms with Crippen molar-refractivity contribution in [3.63, 3.8) is 0 Å². The van der Waals surface area contributed by atoms with Gasteiger partial charge in [-0.15, -0.1) is 0 Å². The molecule has 0 radical (unpaired) electrons. The first-order chi connectivity index (χ1) is 17.9. The summed E-state index contributed by atoms with van der Waals surface area (Å²) in [5.41, 5.74) is 13.7. The van der Waals surface area contributed by atoms with Crippen molar-refractivity contribution >= 4 is 40.9 Å². The van der Waals surface area contributed by atoms with Crippen molar-refractivity contribution in [2.75, 3.05) is 30.3 Å². The molecule has 4 heterocycles. The maximum Gasteiger partial charge on any atom is 0.296 e. The molecule has 9 nitrogen and oxygen atoms in total. The Morgan fingerprint density at radius 3 is 2.81 bits per heavy atom. The minimum absolute atomic E-state index is 0.279. The molecular formula is C26H26ClN7O2S. The summed E-state index contributed by atoms with van der Waals surface area (Å²) in [5.74, 6) is 7.08. The maximum absolute atomic E-state index is 11.7. The highest BCUT2D eigenvalue weighted by molar-refractivity contribution is 7.99. The number of pyridine rings is 1. The standard InChI is InChI=1S/C26H26ClN7O2S/c1-2-30-21(35)6-4-16-3-5-18-17(13-16)24(28)26(36-18)8-11-34(12-9-26)20-14-33-22(15-32-20)37-19-7-10-31-25(29)23(19)27/h3,5,7,10,13-15,24H,2,8-9,11-12,28H2,1H3,(H2,29,31)(H,30,35)/t24-/m1/s1. The van der Waals surface area contributed by atoms with Crippen LogP contribution in [0.1, 0.15) is 36.9 Å². The quantitative estimate of drug-likeness (QED) is 0.431. The Morgan fingerprint density at radius 1 is 1.27 bits per heavy atom. The van der Waals surface area contributed by atoms with Gasteiger partial charge in [0.1, 0.15) is 28.0 Å². The fourth-order valence-corrected chi connectivity index (χ4v) is 5.53. The third kappa shape index (κ3) is 5.16. The van der Waals surface area contributed by atoms with Gasteiger partial charge in [0.2, 0.25) is 0 Å². The number of carbonyl (C=O) groups excluding carboxylic acids is 1. The molecule has 11 heteroatoms. The maximum atomic E-state index is 11.7. The van der Waals surface area contributed by atoms with E-state index in [1.807, 2.05) is 25.1 Å². The molecule has 37 heavy (non-hydrogen) atoms. The van der Waals surface area contributed by atoms with Gasteiger partial charge in [0.05, 0.1) is 23.5 Å². The number of hydrogen-bond donors (Lipinski definition) is 3. The number of carbonyl (C=O) groups is 1.